The lowest BCUT2D eigenvalue weighted by molar-refractivity contribution is -0.123. The predicted octanol–water partition coefficient (Wildman–Crippen LogP) is 6.17. The summed E-state index contributed by atoms with van der Waals surface area (Å²) in [6.07, 6.45) is 3.76. The van der Waals surface area contributed by atoms with Crippen LogP contribution in [0.1, 0.15) is 36.8 Å². The molecule has 1 fully saturated rings. The van der Waals surface area contributed by atoms with Crippen molar-refractivity contribution in [2.45, 2.75) is 36.9 Å². The molecule has 0 amide bonds. The van der Waals surface area contributed by atoms with Gasteiger partial charge in [0.1, 0.15) is 0 Å². The van der Waals surface area contributed by atoms with E-state index >= 15 is 0 Å². The fourth-order valence-corrected chi connectivity index (χ4v) is 4.31. The Morgan fingerprint density at radius 3 is 1.17 bits per heavy atom. The second kappa shape index (κ2) is 7.28. The average Bonchev–Trinajstić information content (AvgIpc) is 2.63. The van der Waals surface area contributed by atoms with Crippen molar-refractivity contribution in [3.8, 4) is 0 Å². The van der Waals surface area contributed by atoms with Crippen LogP contribution in [0.5, 0.6) is 0 Å². The van der Waals surface area contributed by atoms with Gasteiger partial charge in [-0.15, -0.1) is 0 Å². The lowest BCUT2D eigenvalue weighted by Crippen LogP contribution is -2.42. The fraction of sp³-hybridized carbons (Fsp3) is 0.400. The maximum Gasteiger partial charge on any atom is 0.0929 e. The Morgan fingerprint density at radius 2 is 0.917 bits per heavy atom. The Hall–Kier alpha value is -0.680. The molecule has 0 aromatic heterocycles. The Labute approximate surface area is 160 Å². The summed E-state index contributed by atoms with van der Waals surface area (Å²) in [6.45, 7) is 0. The molecule has 2 aromatic carbocycles. The molecule has 4 heteroatoms. The van der Waals surface area contributed by atoms with Crippen LogP contribution in [-0.4, -0.2) is 14.2 Å². The highest BCUT2D eigenvalue weighted by molar-refractivity contribution is 9.10. The van der Waals surface area contributed by atoms with Gasteiger partial charge in [0.05, 0.1) is 11.2 Å². The smallest absolute Gasteiger partial charge is 0.0929 e. The third-order valence-corrected chi connectivity index (χ3v) is 6.44. The normalized spacial score (nSPS) is 27.2. The molecule has 0 N–H and O–H groups in total. The lowest BCUT2D eigenvalue weighted by atomic mass is 9.70. The topological polar surface area (TPSA) is 18.5 Å². The molecule has 1 aliphatic rings. The maximum atomic E-state index is 6.02. The second-order valence-corrected chi connectivity index (χ2v) is 8.24. The van der Waals surface area contributed by atoms with Crippen LogP contribution < -0.4 is 0 Å². The van der Waals surface area contributed by atoms with Gasteiger partial charge in [-0.25, -0.2) is 0 Å². The molecule has 0 spiro atoms. The molecular weight excluding hydrogens is 432 g/mol. The van der Waals surface area contributed by atoms with Crippen molar-refractivity contribution in [2.75, 3.05) is 14.2 Å². The number of rotatable bonds is 4. The summed E-state index contributed by atoms with van der Waals surface area (Å²) in [5.41, 5.74) is 2.04. The van der Waals surface area contributed by atoms with Crippen LogP contribution in [0.25, 0.3) is 0 Å². The minimum absolute atomic E-state index is 0.224. The fourth-order valence-electron chi connectivity index (χ4n) is 3.79. The Kier molecular flexibility index (Phi) is 5.50. The first-order valence-electron chi connectivity index (χ1n) is 8.16. The van der Waals surface area contributed by atoms with Crippen molar-refractivity contribution in [1.29, 1.82) is 0 Å². The van der Waals surface area contributed by atoms with Gasteiger partial charge in [-0.3, -0.25) is 0 Å². The SMILES string of the molecule is COC1(c2ccc(Br)cc2)CCC(OC)(c2ccc(Br)cc2)CC1. The molecular formula is C20H22Br2O2. The van der Waals surface area contributed by atoms with E-state index in [2.05, 4.69) is 80.4 Å². The van der Waals surface area contributed by atoms with E-state index in [0.29, 0.717) is 0 Å². The molecule has 1 saturated carbocycles. The first-order valence-corrected chi connectivity index (χ1v) is 9.75. The Morgan fingerprint density at radius 1 is 0.625 bits per heavy atom. The number of methoxy groups -OCH3 is 2. The molecule has 24 heavy (non-hydrogen) atoms. The number of halogens is 2. The molecule has 0 radical (unpaired) electrons. The van der Waals surface area contributed by atoms with Crippen molar-refractivity contribution in [3.63, 3.8) is 0 Å². The van der Waals surface area contributed by atoms with E-state index < -0.39 is 0 Å². The Balaban J connectivity index is 1.86. The summed E-state index contributed by atoms with van der Waals surface area (Å²) in [5.74, 6) is 0. The van der Waals surface area contributed by atoms with E-state index in [4.69, 9.17) is 9.47 Å². The third-order valence-electron chi connectivity index (χ3n) is 5.39. The van der Waals surface area contributed by atoms with E-state index in [-0.39, 0.29) is 11.2 Å². The highest BCUT2D eigenvalue weighted by atomic mass is 79.9. The lowest BCUT2D eigenvalue weighted by Gasteiger charge is -2.45. The molecule has 0 atom stereocenters. The van der Waals surface area contributed by atoms with Gasteiger partial charge in [0, 0.05) is 23.2 Å². The molecule has 2 nitrogen and oxygen atoms in total. The van der Waals surface area contributed by atoms with Gasteiger partial charge < -0.3 is 9.47 Å². The predicted molar refractivity (Wildman–Crippen MR) is 104 cm³/mol. The quantitative estimate of drug-likeness (QED) is 0.551. The number of hydrogen-bond donors (Lipinski definition) is 0. The van der Waals surface area contributed by atoms with Gasteiger partial charge in [-0.2, -0.15) is 0 Å². The zero-order chi connectivity index (χ0) is 17.2. The minimum Gasteiger partial charge on any atom is -0.374 e. The van der Waals surface area contributed by atoms with Gasteiger partial charge in [-0.1, -0.05) is 56.1 Å². The van der Waals surface area contributed by atoms with Crippen LogP contribution in [-0.2, 0) is 20.7 Å². The third kappa shape index (κ3) is 3.34. The van der Waals surface area contributed by atoms with E-state index in [0.717, 1.165) is 34.6 Å². The van der Waals surface area contributed by atoms with Crippen LogP contribution in [0.3, 0.4) is 0 Å². The van der Waals surface area contributed by atoms with E-state index in [1.54, 1.807) is 0 Å². The molecule has 0 saturated heterocycles. The van der Waals surface area contributed by atoms with Crippen molar-refractivity contribution in [3.05, 3.63) is 68.6 Å². The monoisotopic (exact) mass is 452 g/mol. The van der Waals surface area contributed by atoms with Crippen LogP contribution >= 0.6 is 31.9 Å². The first kappa shape index (κ1) is 18.1. The van der Waals surface area contributed by atoms with Gasteiger partial charge in [-0.05, 0) is 61.1 Å². The molecule has 3 rings (SSSR count). The largest absolute Gasteiger partial charge is 0.374 e. The second-order valence-electron chi connectivity index (χ2n) is 6.41. The maximum absolute atomic E-state index is 6.02. The van der Waals surface area contributed by atoms with Gasteiger partial charge in [0.15, 0.2) is 0 Å². The summed E-state index contributed by atoms with van der Waals surface area (Å²) < 4.78 is 14.2. The Bertz CT molecular complexity index is 610. The average molecular weight is 454 g/mol. The van der Waals surface area contributed by atoms with Crippen LogP contribution in [0.2, 0.25) is 0 Å². The summed E-state index contributed by atoms with van der Waals surface area (Å²) in [4.78, 5) is 0. The number of hydrogen-bond acceptors (Lipinski definition) is 2. The van der Waals surface area contributed by atoms with E-state index in [9.17, 15) is 0 Å². The van der Waals surface area contributed by atoms with E-state index in [1.807, 2.05) is 14.2 Å². The zero-order valence-electron chi connectivity index (χ0n) is 14.0. The standard InChI is InChI=1S/C20H22Br2O2/c1-23-19(15-3-7-17(21)8-4-15)11-13-20(24-2,14-12-19)16-5-9-18(22)10-6-16/h3-10H,11-14H2,1-2H3. The van der Waals surface area contributed by atoms with Crippen molar-refractivity contribution in [2.24, 2.45) is 0 Å². The molecule has 0 heterocycles. The summed E-state index contributed by atoms with van der Waals surface area (Å²) >= 11 is 7.02. The summed E-state index contributed by atoms with van der Waals surface area (Å²) in [5, 5.41) is 0. The van der Waals surface area contributed by atoms with Crippen molar-refractivity contribution < 1.29 is 9.47 Å². The van der Waals surface area contributed by atoms with Crippen LogP contribution in [0.4, 0.5) is 0 Å². The number of ether oxygens (including phenoxy) is 2. The molecule has 1 aliphatic carbocycles. The molecule has 0 bridgehead atoms. The summed E-state index contributed by atoms with van der Waals surface area (Å²) in [6, 6.07) is 17.0. The van der Waals surface area contributed by atoms with Crippen LogP contribution in [0.15, 0.2) is 57.5 Å². The highest BCUT2D eigenvalue weighted by Crippen LogP contribution is 2.49. The van der Waals surface area contributed by atoms with Gasteiger partial charge in [0.2, 0.25) is 0 Å². The van der Waals surface area contributed by atoms with Crippen LogP contribution in [0, 0.1) is 0 Å². The highest BCUT2D eigenvalue weighted by Gasteiger charge is 2.45. The van der Waals surface area contributed by atoms with Gasteiger partial charge >= 0.3 is 0 Å². The van der Waals surface area contributed by atoms with E-state index in [1.165, 1.54) is 11.1 Å². The number of benzene rings is 2. The summed E-state index contributed by atoms with van der Waals surface area (Å²) in [7, 11) is 3.64. The minimum atomic E-state index is -0.224. The molecule has 0 unspecified atom stereocenters. The van der Waals surface area contributed by atoms with Gasteiger partial charge in [0.25, 0.3) is 0 Å². The van der Waals surface area contributed by atoms with Crippen molar-refractivity contribution >= 4 is 31.9 Å². The molecule has 2 aromatic rings. The van der Waals surface area contributed by atoms with Crippen molar-refractivity contribution in [1.82, 2.24) is 0 Å². The first-order chi connectivity index (χ1) is 11.5. The molecule has 128 valence electrons. The zero-order valence-corrected chi connectivity index (χ0v) is 17.2. The molecule has 0 aliphatic heterocycles.